The monoisotopic (exact) mass is 899 g/mol. The molecule has 0 saturated carbocycles. The van der Waals surface area contributed by atoms with E-state index in [1.165, 1.54) is 51.4 Å². The van der Waals surface area contributed by atoms with Gasteiger partial charge in [0.05, 0.1) is 0 Å². The molecule has 0 fully saturated rings. The molecule has 0 amide bonds. The maximum absolute atomic E-state index is 12.8. The lowest BCUT2D eigenvalue weighted by atomic mass is 10.1. The van der Waals surface area contributed by atoms with Crippen LogP contribution < -0.4 is 0 Å². The molecule has 6 heteroatoms. The molecular formula is C59H94O6. The van der Waals surface area contributed by atoms with Crippen LogP contribution in [0.3, 0.4) is 0 Å². The summed E-state index contributed by atoms with van der Waals surface area (Å²) in [6, 6.07) is 0. The quantitative estimate of drug-likeness (QED) is 0.0262. The second kappa shape index (κ2) is 52.4. The molecule has 0 aromatic heterocycles. The van der Waals surface area contributed by atoms with Gasteiger partial charge in [0.25, 0.3) is 0 Å². The topological polar surface area (TPSA) is 78.9 Å². The third-order valence-electron chi connectivity index (χ3n) is 10.4. The van der Waals surface area contributed by atoms with Crippen LogP contribution in [0.5, 0.6) is 0 Å². The Hall–Kier alpha value is -4.19. The highest BCUT2D eigenvalue weighted by Crippen LogP contribution is 2.11. The summed E-state index contributed by atoms with van der Waals surface area (Å²) in [5.74, 6) is -1.03. The number of allylic oxidation sites excluding steroid dienone is 20. The van der Waals surface area contributed by atoms with Crippen LogP contribution in [0.25, 0.3) is 0 Å². The van der Waals surface area contributed by atoms with Gasteiger partial charge in [-0.25, -0.2) is 0 Å². The molecule has 65 heavy (non-hydrogen) atoms. The number of carbonyl (C=O) groups excluding carboxylic acids is 3. The number of hydrogen-bond acceptors (Lipinski definition) is 6. The molecule has 0 aliphatic rings. The maximum Gasteiger partial charge on any atom is 0.306 e. The zero-order chi connectivity index (χ0) is 47.2. The van der Waals surface area contributed by atoms with E-state index in [0.717, 1.165) is 109 Å². The first-order valence-electron chi connectivity index (χ1n) is 26.0. The van der Waals surface area contributed by atoms with Crippen molar-refractivity contribution in [1.82, 2.24) is 0 Å². The highest BCUT2D eigenvalue weighted by atomic mass is 16.6. The normalized spacial score (nSPS) is 12.7. The Morgan fingerprint density at radius 2 is 0.600 bits per heavy atom. The van der Waals surface area contributed by atoms with Crippen molar-refractivity contribution in [2.24, 2.45) is 0 Å². The van der Waals surface area contributed by atoms with Crippen LogP contribution >= 0.6 is 0 Å². The summed E-state index contributed by atoms with van der Waals surface area (Å²) in [6.07, 6.45) is 71.8. The smallest absolute Gasteiger partial charge is 0.306 e. The summed E-state index contributed by atoms with van der Waals surface area (Å²) in [6.45, 7) is 6.36. The van der Waals surface area contributed by atoms with Crippen LogP contribution in [0.15, 0.2) is 122 Å². The molecule has 0 radical (unpaired) electrons. The standard InChI is InChI=1S/C59H94O6/c1-4-7-10-13-16-19-22-25-28-29-32-35-38-41-44-47-50-53-59(62)65-56(54-63-57(60)51-48-45-42-39-36-33-30-26-23-20-17-14-11-8-5-2)55-64-58(61)52-49-46-43-40-37-34-31-27-24-21-18-15-12-9-6-3/h7,10,16-21,25-28,30-32,35-37,39-40,56H,4-6,8-9,11-15,22-24,29,33-34,38,41-55H2,1-3H3/b10-7-,19-16-,20-17-,21-18-,28-25-,30-26-,31-27-,35-32-,39-36-,40-37-. The summed E-state index contributed by atoms with van der Waals surface area (Å²) in [5.41, 5.74) is 0. The van der Waals surface area contributed by atoms with Gasteiger partial charge in [-0.15, -0.1) is 0 Å². The Labute approximate surface area is 399 Å². The highest BCUT2D eigenvalue weighted by Gasteiger charge is 2.19. The van der Waals surface area contributed by atoms with Crippen molar-refractivity contribution in [3.63, 3.8) is 0 Å². The van der Waals surface area contributed by atoms with E-state index >= 15 is 0 Å². The number of rotatable bonds is 45. The molecule has 0 aliphatic carbocycles. The first kappa shape index (κ1) is 60.8. The van der Waals surface area contributed by atoms with Crippen molar-refractivity contribution in [2.45, 2.75) is 219 Å². The fourth-order valence-corrected chi connectivity index (χ4v) is 6.50. The van der Waals surface area contributed by atoms with Crippen LogP contribution in [0, 0.1) is 0 Å². The first-order valence-corrected chi connectivity index (χ1v) is 26.0. The molecule has 0 unspecified atom stereocenters. The minimum Gasteiger partial charge on any atom is -0.462 e. The van der Waals surface area contributed by atoms with Gasteiger partial charge in [0.15, 0.2) is 6.10 Å². The molecule has 6 nitrogen and oxygen atoms in total. The van der Waals surface area contributed by atoms with Crippen molar-refractivity contribution in [3.05, 3.63) is 122 Å². The number of unbranched alkanes of at least 4 members (excludes halogenated alkanes) is 14. The molecule has 0 bridgehead atoms. The third kappa shape index (κ3) is 50.7. The largest absolute Gasteiger partial charge is 0.462 e. The number of ether oxygens (including phenoxy) is 3. The van der Waals surface area contributed by atoms with E-state index in [1.54, 1.807) is 0 Å². The van der Waals surface area contributed by atoms with E-state index in [9.17, 15) is 14.4 Å². The first-order chi connectivity index (χ1) is 32.0. The molecule has 0 heterocycles. The summed E-state index contributed by atoms with van der Waals surface area (Å²) in [5, 5.41) is 0. The van der Waals surface area contributed by atoms with Crippen LogP contribution in [0.1, 0.15) is 213 Å². The molecule has 0 aromatic rings. The second-order valence-electron chi connectivity index (χ2n) is 16.7. The van der Waals surface area contributed by atoms with Gasteiger partial charge in [-0.05, 0) is 135 Å². The van der Waals surface area contributed by atoms with E-state index in [4.69, 9.17) is 14.2 Å². The average molecular weight is 899 g/mol. The second-order valence-corrected chi connectivity index (χ2v) is 16.7. The fraction of sp³-hybridized carbons (Fsp3) is 0.610. The number of hydrogen-bond donors (Lipinski definition) is 0. The predicted octanol–water partition coefficient (Wildman–Crippen LogP) is 17.3. The molecule has 0 N–H and O–H groups in total. The van der Waals surface area contributed by atoms with Gasteiger partial charge in [0.2, 0.25) is 0 Å². The lowest BCUT2D eigenvalue weighted by molar-refractivity contribution is -0.167. The summed E-state index contributed by atoms with van der Waals surface area (Å²) in [4.78, 5) is 38.0. The molecule has 0 aliphatic heterocycles. The van der Waals surface area contributed by atoms with Gasteiger partial charge in [0, 0.05) is 19.3 Å². The molecule has 366 valence electrons. The van der Waals surface area contributed by atoms with E-state index in [1.807, 2.05) is 0 Å². The van der Waals surface area contributed by atoms with E-state index in [0.29, 0.717) is 25.7 Å². The Morgan fingerprint density at radius 3 is 0.954 bits per heavy atom. The SMILES string of the molecule is CC/C=C\C/C=C\C/C=C\C/C=C\CCCCCCC(=O)OC(COC(=O)CCCC/C=C\C/C=C\C/C=C\CCCCC)COC(=O)CCCC/C=C\C/C=C\C/C=C\CCCCC. The number of carbonyl (C=O) groups is 3. The van der Waals surface area contributed by atoms with Crippen LogP contribution in [0.4, 0.5) is 0 Å². The Balaban J connectivity index is 4.58. The molecule has 0 aromatic carbocycles. The maximum atomic E-state index is 12.8. The summed E-state index contributed by atoms with van der Waals surface area (Å²) < 4.78 is 16.7. The minimum absolute atomic E-state index is 0.124. The van der Waals surface area contributed by atoms with E-state index < -0.39 is 6.10 Å². The number of esters is 3. The van der Waals surface area contributed by atoms with Gasteiger partial charge in [0.1, 0.15) is 13.2 Å². The molecule has 0 saturated heterocycles. The molecule has 0 rings (SSSR count). The molecule has 0 atom stereocenters. The van der Waals surface area contributed by atoms with Gasteiger partial charge in [-0.2, -0.15) is 0 Å². The zero-order valence-corrected chi connectivity index (χ0v) is 41.7. The van der Waals surface area contributed by atoms with E-state index in [-0.39, 0.29) is 37.5 Å². The Bertz CT molecular complexity index is 1340. The zero-order valence-electron chi connectivity index (χ0n) is 41.7. The van der Waals surface area contributed by atoms with Gasteiger partial charge in [-0.1, -0.05) is 181 Å². The van der Waals surface area contributed by atoms with Gasteiger partial charge >= 0.3 is 17.9 Å². The fourth-order valence-electron chi connectivity index (χ4n) is 6.50. The van der Waals surface area contributed by atoms with Crippen LogP contribution in [0.2, 0.25) is 0 Å². The summed E-state index contributed by atoms with van der Waals surface area (Å²) >= 11 is 0. The van der Waals surface area contributed by atoms with Crippen molar-refractivity contribution < 1.29 is 28.6 Å². The molecule has 0 spiro atoms. The van der Waals surface area contributed by atoms with Gasteiger partial charge < -0.3 is 14.2 Å². The lowest BCUT2D eigenvalue weighted by Gasteiger charge is -2.18. The van der Waals surface area contributed by atoms with Crippen molar-refractivity contribution in [1.29, 1.82) is 0 Å². The average Bonchev–Trinajstić information content (AvgIpc) is 3.30. The molecular weight excluding hydrogens is 805 g/mol. The van der Waals surface area contributed by atoms with E-state index in [2.05, 4.69) is 142 Å². The lowest BCUT2D eigenvalue weighted by Crippen LogP contribution is -2.30. The van der Waals surface area contributed by atoms with Crippen LogP contribution in [-0.4, -0.2) is 37.2 Å². The van der Waals surface area contributed by atoms with Gasteiger partial charge in [-0.3, -0.25) is 14.4 Å². The Kier molecular flexibility index (Phi) is 49.1. The third-order valence-corrected chi connectivity index (χ3v) is 10.4. The van der Waals surface area contributed by atoms with Crippen molar-refractivity contribution in [3.8, 4) is 0 Å². The minimum atomic E-state index is -0.825. The van der Waals surface area contributed by atoms with Crippen molar-refractivity contribution >= 4 is 17.9 Å². The van der Waals surface area contributed by atoms with Crippen LogP contribution in [-0.2, 0) is 28.6 Å². The predicted molar refractivity (Wildman–Crippen MR) is 279 cm³/mol. The Morgan fingerprint density at radius 1 is 0.323 bits per heavy atom. The summed E-state index contributed by atoms with van der Waals surface area (Å²) in [7, 11) is 0. The van der Waals surface area contributed by atoms with Crippen molar-refractivity contribution in [2.75, 3.05) is 13.2 Å². The highest BCUT2D eigenvalue weighted by molar-refractivity contribution is 5.71.